The van der Waals surface area contributed by atoms with Gasteiger partial charge in [0.1, 0.15) is 5.75 Å². The Morgan fingerprint density at radius 3 is 1.96 bits per heavy atom. The maximum absolute atomic E-state index is 7.03. The molecule has 0 fully saturated rings. The highest BCUT2D eigenvalue weighted by Gasteiger charge is 2.34. The minimum atomic E-state index is 0. The molecule has 47 heavy (non-hydrogen) atoms. The number of methoxy groups -OCH3 is 4. The molecule has 4 heterocycles. The molecule has 4 aliphatic rings. The first-order valence-corrected chi connectivity index (χ1v) is 15.9. The molecule has 0 aromatic heterocycles. The first-order chi connectivity index (χ1) is 22.4. The Morgan fingerprint density at radius 1 is 0.638 bits per heavy atom. The van der Waals surface area contributed by atoms with Crippen LogP contribution in [0.5, 0.6) is 46.0 Å². The van der Waals surface area contributed by atoms with E-state index in [2.05, 4.69) is 66.4 Å². The van der Waals surface area contributed by atoms with E-state index in [4.69, 9.17) is 28.4 Å². The summed E-state index contributed by atoms with van der Waals surface area (Å²) in [6, 6.07) is 21.2. The Labute approximate surface area is 285 Å². The molecule has 9 heteroatoms. The van der Waals surface area contributed by atoms with Crippen LogP contribution < -0.4 is 28.4 Å². The Kier molecular flexibility index (Phi) is 9.46. The van der Waals surface area contributed by atoms with E-state index in [9.17, 15) is 0 Å². The number of fused-ring (bicyclic) bond motifs is 2. The van der Waals surface area contributed by atoms with Gasteiger partial charge in [-0.3, -0.25) is 9.80 Å². The lowest BCUT2D eigenvalue weighted by atomic mass is 9.87. The van der Waals surface area contributed by atoms with Gasteiger partial charge in [-0.05, 0) is 110 Å². The van der Waals surface area contributed by atoms with E-state index in [1.165, 1.54) is 22.3 Å². The van der Waals surface area contributed by atoms with Gasteiger partial charge < -0.3 is 28.4 Å². The lowest BCUT2D eigenvalue weighted by Gasteiger charge is -2.37. The van der Waals surface area contributed by atoms with E-state index in [0.29, 0.717) is 40.2 Å². The third-order valence-electron chi connectivity index (χ3n) is 9.85. The summed E-state index contributed by atoms with van der Waals surface area (Å²) in [5.41, 5.74) is 7.15. The van der Waals surface area contributed by atoms with Crippen LogP contribution in [0.15, 0.2) is 60.7 Å². The molecule has 0 saturated heterocycles. The van der Waals surface area contributed by atoms with Crippen LogP contribution in [0.3, 0.4) is 0 Å². The van der Waals surface area contributed by atoms with E-state index >= 15 is 0 Å². The summed E-state index contributed by atoms with van der Waals surface area (Å²) < 4.78 is 37.1. The molecule has 4 aromatic carbocycles. The molecular weight excluding hydrogens is 616 g/mol. The number of halogens is 1. The lowest BCUT2D eigenvalue weighted by Crippen LogP contribution is -2.34. The first kappa shape index (κ1) is 32.8. The highest BCUT2D eigenvalue weighted by molar-refractivity contribution is 5.85. The van der Waals surface area contributed by atoms with Gasteiger partial charge in [0.2, 0.25) is 5.75 Å². The average molecular weight is 661 g/mol. The summed E-state index contributed by atoms with van der Waals surface area (Å²) in [6.45, 7) is 1.86. The third-order valence-corrected chi connectivity index (χ3v) is 9.85. The second-order valence-electron chi connectivity index (χ2n) is 12.5. The summed E-state index contributed by atoms with van der Waals surface area (Å²) >= 11 is 0. The fourth-order valence-corrected chi connectivity index (χ4v) is 7.28. The van der Waals surface area contributed by atoms with Gasteiger partial charge in [-0.15, -0.1) is 12.4 Å². The van der Waals surface area contributed by atoms with E-state index in [1.807, 2.05) is 18.2 Å². The van der Waals surface area contributed by atoms with Gasteiger partial charge in [0.25, 0.3) is 0 Å². The molecule has 0 N–H and O–H groups in total. The van der Waals surface area contributed by atoms with Crippen molar-refractivity contribution in [3.8, 4) is 46.0 Å². The second kappa shape index (κ2) is 13.6. The number of hydrogen-bond donors (Lipinski definition) is 0. The Bertz CT molecular complexity index is 1770. The number of ether oxygens (including phenoxy) is 6. The van der Waals surface area contributed by atoms with Crippen molar-refractivity contribution in [2.24, 2.45) is 0 Å². The topological polar surface area (TPSA) is 61.9 Å². The minimum Gasteiger partial charge on any atom is -0.493 e. The molecule has 8 nitrogen and oxygen atoms in total. The van der Waals surface area contributed by atoms with E-state index in [1.54, 1.807) is 28.4 Å². The van der Waals surface area contributed by atoms with Crippen molar-refractivity contribution in [3.05, 3.63) is 94.0 Å². The van der Waals surface area contributed by atoms with Crippen molar-refractivity contribution in [2.45, 2.75) is 37.8 Å². The van der Waals surface area contributed by atoms with Crippen molar-refractivity contribution >= 4 is 12.4 Å². The zero-order valence-electron chi connectivity index (χ0n) is 27.9. The lowest BCUT2D eigenvalue weighted by molar-refractivity contribution is 0.220. The van der Waals surface area contributed by atoms with Crippen LogP contribution >= 0.6 is 12.4 Å². The van der Waals surface area contributed by atoms with Crippen LogP contribution in [-0.2, 0) is 25.7 Å². The molecule has 0 saturated carbocycles. The fourth-order valence-electron chi connectivity index (χ4n) is 7.28. The van der Waals surface area contributed by atoms with E-state index < -0.39 is 0 Å². The number of hydrogen-bond acceptors (Lipinski definition) is 8. The second-order valence-corrected chi connectivity index (χ2v) is 12.5. The Morgan fingerprint density at radius 2 is 1.26 bits per heavy atom. The molecule has 0 unspecified atom stereocenters. The van der Waals surface area contributed by atoms with Crippen molar-refractivity contribution in [2.75, 3.05) is 55.6 Å². The van der Waals surface area contributed by atoms with Crippen molar-refractivity contribution in [3.63, 3.8) is 0 Å². The highest BCUT2D eigenvalue weighted by Crippen LogP contribution is 2.52. The van der Waals surface area contributed by atoms with Crippen LogP contribution in [0.4, 0.5) is 0 Å². The molecule has 0 amide bonds. The molecule has 0 spiro atoms. The smallest absolute Gasteiger partial charge is 0.204 e. The standard InChI is InChI=1S/C38H42N2O6.ClH.H2/c1-39-15-13-25-20-32(42-4)34-22-28(25)29(39)17-23-7-10-27(11-8-23)45-33-19-24(9-12-31(33)41-3)18-30-36-26(14-16-40(30)2)21-35(43-5)37(44-6)38(36)46-34;;/h7-12,19-22,29-30H,13-18H2,1-6H3;2*1H/t29-,30-;;/m0../s1. The number of benzene rings is 4. The largest absolute Gasteiger partial charge is 0.493 e. The predicted molar refractivity (Wildman–Crippen MR) is 187 cm³/mol. The summed E-state index contributed by atoms with van der Waals surface area (Å²) in [4.78, 5) is 4.81. The van der Waals surface area contributed by atoms with Crippen molar-refractivity contribution in [1.82, 2.24) is 9.80 Å². The maximum Gasteiger partial charge on any atom is 0.204 e. The fraction of sp³-hybridized carbons (Fsp3) is 0.368. The predicted octanol–water partition coefficient (Wildman–Crippen LogP) is 7.83. The normalized spacial score (nSPS) is 18.8. The molecular formula is C38H45ClN2O6. The van der Waals surface area contributed by atoms with Crippen LogP contribution in [0.1, 0.15) is 46.9 Å². The first-order valence-electron chi connectivity index (χ1n) is 15.9. The summed E-state index contributed by atoms with van der Waals surface area (Å²) in [6.07, 6.45) is 3.37. The quantitative estimate of drug-likeness (QED) is 0.220. The summed E-state index contributed by atoms with van der Waals surface area (Å²) in [5, 5.41) is 0. The van der Waals surface area contributed by atoms with Crippen LogP contribution in [0.2, 0.25) is 0 Å². The number of likely N-dealkylation sites (N-methyl/N-ethyl adjacent to an activating group) is 2. The van der Waals surface area contributed by atoms with E-state index in [0.717, 1.165) is 55.6 Å². The number of rotatable bonds is 4. The highest BCUT2D eigenvalue weighted by atomic mass is 35.5. The monoisotopic (exact) mass is 660 g/mol. The molecule has 250 valence electrons. The Hall–Kier alpha value is -4.11. The Balaban J connectivity index is 0.00000225. The molecule has 4 aromatic rings. The maximum atomic E-state index is 7.03. The zero-order chi connectivity index (χ0) is 31.9. The van der Waals surface area contributed by atoms with E-state index in [-0.39, 0.29) is 25.9 Å². The zero-order valence-corrected chi connectivity index (χ0v) is 28.7. The minimum absolute atomic E-state index is 0. The molecule has 0 aliphatic carbocycles. The van der Waals surface area contributed by atoms with Gasteiger partial charge in [0.05, 0.1) is 28.4 Å². The molecule has 6 bridgehead atoms. The van der Waals surface area contributed by atoms with Gasteiger partial charge >= 0.3 is 0 Å². The van der Waals surface area contributed by atoms with Gasteiger partial charge in [-0.25, -0.2) is 0 Å². The average Bonchev–Trinajstić information content (AvgIpc) is 3.07. The van der Waals surface area contributed by atoms with Gasteiger partial charge in [-0.2, -0.15) is 0 Å². The molecule has 8 rings (SSSR count). The van der Waals surface area contributed by atoms with Gasteiger partial charge in [0, 0.05) is 32.2 Å². The molecule has 4 aliphatic heterocycles. The summed E-state index contributed by atoms with van der Waals surface area (Å²) in [5.74, 6) is 5.41. The third kappa shape index (κ3) is 6.06. The molecule has 0 radical (unpaired) electrons. The number of nitrogens with zero attached hydrogens (tertiary/aromatic N) is 2. The van der Waals surface area contributed by atoms with Crippen molar-refractivity contribution < 1.29 is 29.8 Å². The van der Waals surface area contributed by atoms with Gasteiger partial charge in [0.15, 0.2) is 34.5 Å². The molecule has 2 atom stereocenters. The SMILES string of the molecule is COc1ccc2cc1Oc1ccc(cc1)C[C@H]1c3cc(c(OC)cc3CCN1C)Oc1c(OC)c(OC)cc3c1[C@H](C2)N(C)CC3.Cl.[HH]. The van der Waals surface area contributed by atoms with Crippen molar-refractivity contribution in [1.29, 1.82) is 0 Å². The van der Waals surface area contributed by atoms with Crippen LogP contribution in [0, 0.1) is 0 Å². The summed E-state index contributed by atoms with van der Waals surface area (Å²) in [7, 11) is 11.1. The van der Waals surface area contributed by atoms with Crippen LogP contribution in [-0.4, -0.2) is 65.4 Å². The van der Waals surface area contributed by atoms with Crippen LogP contribution in [0.25, 0.3) is 0 Å². The van der Waals surface area contributed by atoms with Gasteiger partial charge in [-0.1, -0.05) is 18.2 Å².